The molecule has 0 radical (unpaired) electrons. The lowest BCUT2D eigenvalue weighted by Gasteiger charge is -2.25. The van der Waals surface area contributed by atoms with Crippen molar-refractivity contribution < 1.29 is 9.90 Å². The molecule has 14 heavy (non-hydrogen) atoms. The first kappa shape index (κ1) is 13.2. The van der Waals surface area contributed by atoms with E-state index in [-0.39, 0.29) is 0 Å². The molecule has 0 aliphatic rings. The molecule has 0 rings (SSSR count). The molecule has 1 N–H and O–H groups in total. The molecule has 0 atom stereocenters. The topological polar surface area (TPSA) is 37.3 Å². The molecule has 0 aromatic rings. The maximum absolute atomic E-state index is 10.5. The summed E-state index contributed by atoms with van der Waals surface area (Å²) in [6.45, 7) is 8.29. The van der Waals surface area contributed by atoms with E-state index in [4.69, 9.17) is 5.11 Å². The van der Waals surface area contributed by atoms with Crippen molar-refractivity contribution in [3.63, 3.8) is 0 Å². The van der Waals surface area contributed by atoms with E-state index in [0.717, 1.165) is 25.7 Å². The number of hydrogen-bond donors (Lipinski definition) is 1. The molecule has 0 saturated carbocycles. The third-order valence-corrected chi connectivity index (χ3v) is 3.24. The average molecular weight is 198 g/mol. The lowest BCUT2D eigenvalue weighted by atomic mass is 9.80. The summed E-state index contributed by atoms with van der Waals surface area (Å²) in [6.07, 6.45) is 6.08. The first-order chi connectivity index (χ1) is 6.45. The summed E-state index contributed by atoms with van der Waals surface area (Å²) in [5, 5.41) is 8.66. The Bertz CT molecular complexity index is 212. The second-order valence-electron chi connectivity index (χ2n) is 4.25. The van der Waals surface area contributed by atoms with Gasteiger partial charge in [-0.2, -0.15) is 0 Å². The van der Waals surface area contributed by atoms with Crippen molar-refractivity contribution >= 4 is 5.97 Å². The summed E-state index contributed by atoms with van der Waals surface area (Å²) in [4.78, 5) is 10.5. The molecule has 0 bridgehead atoms. The van der Waals surface area contributed by atoms with Crippen LogP contribution in [0.25, 0.3) is 0 Å². The summed E-state index contributed by atoms with van der Waals surface area (Å²) in [6, 6.07) is 0. The number of aliphatic carboxylic acids is 1. The van der Waals surface area contributed by atoms with Crippen LogP contribution in [-0.2, 0) is 4.79 Å². The average Bonchev–Trinajstić information content (AvgIpc) is 2.17. The van der Waals surface area contributed by atoms with Crippen molar-refractivity contribution in [2.75, 3.05) is 0 Å². The van der Waals surface area contributed by atoms with Gasteiger partial charge in [0, 0.05) is 5.57 Å². The van der Waals surface area contributed by atoms with Gasteiger partial charge in [-0.25, -0.2) is 4.79 Å². The fraction of sp³-hybridized carbons (Fsp3) is 0.750. The lowest BCUT2D eigenvalue weighted by Crippen LogP contribution is -2.13. The van der Waals surface area contributed by atoms with Crippen LogP contribution in [-0.4, -0.2) is 11.1 Å². The van der Waals surface area contributed by atoms with E-state index in [1.165, 1.54) is 0 Å². The van der Waals surface area contributed by atoms with E-state index in [2.05, 4.69) is 20.8 Å². The van der Waals surface area contributed by atoms with E-state index in [0.29, 0.717) is 11.0 Å². The Balaban J connectivity index is 4.06. The minimum absolute atomic E-state index is 0.370. The highest BCUT2D eigenvalue weighted by molar-refractivity contribution is 5.85. The Morgan fingerprint density at radius 1 is 1.36 bits per heavy atom. The Labute approximate surface area is 87.0 Å². The van der Waals surface area contributed by atoms with Gasteiger partial charge in [-0.05, 0) is 25.2 Å². The fourth-order valence-corrected chi connectivity index (χ4v) is 1.33. The first-order valence-corrected chi connectivity index (χ1v) is 5.35. The van der Waals surface area contributed by atoms with Gasteiger partial charge >= 0.3 is 5.97 Å². The second kappa shape index (κ2) is 5.84. The van der Waals surface area contributed by atoms with Crippen molar-refractivity contribution in [2.45, 2.75) is 53.4 Å². The second-order valence-corrected chi connectivity index (χ2v) is 4.25. The molecule has 0 aliphatic heterocycles. The van der Waals surface area contributed by atoms with E-state index in [1.807, 2.05) is 6.08 Å². The zero-order valence-corrected chi connectivity index (χ0v) is 9.76. The molecule has 2 nitrogen and oxygen atoms in total. The van der Waals surface area contributed by atoms with Crippen molar-refractivity contribution in [1.82, 2.24) is 0 Å². The Morgan fingerprint density at radius 3 is 2.21 bits per heavy atom. The Morgan fingerprint density at radius 2 is 1.86 bits per heavy atom. The van der Waals surface area contributed by atoms with E-state index >= 15 is 0 Å². The summed E-state index contributed by atoms with van der Waals surface area (Å²) in [7, 11) is 0. The molecule has 0 fully saturated rings. The van der Waals surface area contributed by atoms with Crippen LogP contribution in [0.15, 0.2) is 11.6 Å². The number of rotatable bonds is 6. The fourth-order valence-electron chi connectivity index (χ4n) is 1.33. The van der Waals surface area contributed by atoms with Crippen LogP contribution in [0.1, 0.15) is 53.4 Å². The van der Waals surface area contributed by atoms with Gasteiger partial charge in [-0.15, -0.1) is 0 Å². The van der Waals surface area contributed by atoms with Crippen LogP contribution in [0.3, 0.4) is 0 Å². The molecule has 0 spiro atoms. The number of allylic oxidation sites excluding steroid dienone is 1. The smallest absolute Gasteiger partial charge is 0.330 e. The van der Waals surface area contributed by atoms with Gasteiger partial charge in [0.05, 0.1) is 0 Å². The molecular formula is C12H22O2. The van der Waals surface area contributed by atoms with Crippen LogP contribution in [0.2, 0.25) is 0 Å². The number of carboxylic acids is 1. The van der Waals surface area contributed by atoms with E-state index in [9.17, 15) is 4.79 Å². The van der Waals surface area contributed by atoms with Crippen molar-refractivity contribution in [2.24, 2.45) is 5.41 Å². The van der Waals surface area contributed by atoms with Gasteiger partial charge in [0.15, 0.2) is 0 Å². The third-order valence-electron chi connectivity index (χ3n) is 3.24. The molecule has 0 amide bonds. The zero-order chi connectivity index (χ0) is 11.2. The lowest BCUT2D eigenvalue weighted by molar-refractivity contribution is -0.132. The largest absolute Gasteiger partial charge is 0.478 e. The summed E-state index contributed by atoms with van der Waals surface area (Å²) in [5.41, 5.74) is 0.828. The number of carboxylic acid groups (broad SMARTS) is 1. The molecule has 0 aromatic carbocycles. The van der Waals surface area contributed by atoms with Crippen molar-refractivity contribution in [1.29, 1.82) is 0 Å². The maximum Gasteiger partial charge on any atom is 0.330 e. The molecular weight excluding hydrogens is 176 g/mol. The number of carbonyl (C=O) groups is 1. The van der Waals surface area contributed by atoms with Gasteiger partial charge in [0.25, 0.3) is 0 Å². The quantitative estimate of drug-likeness (QED) is 0.662. The molecule has 0 saturated heterocycles. The molecule has 0 aromatic heterocycles. The zero-order valence-electron chi connectivity index (χ0n) is 9.76. The Kier molecular flexibility index (Phi) is 5.51. The molecule has 0 heterocycles. The van der Waals surface area contributed by atoms with Gasteiger partial charge in [0.1, 0.15) is 0 Å². The third kappa shape index (κ3) is 4.45. The molecule has 2 heteroatoms. The Hall–Kier alpha value is -0.790. The summed E-state index contributed by atoms with van der Waals surface area (Å²) >= 11 is 0. The van der Waals surface area contributed by atoms with Gasteiger partial charge in [-0.1, -0.05) is 39.7 Å². The highest BCUT2D eigenvalue weighted by atomic mass is 16.4. The highest BCUT2D eigenvalue weighted by Gasteiger charge is 2.18. The first-order valence-electron chi connectivity index (χ1n) is 5.35. The predicted molar refractivity (Wildman–Crippen MR) is 59.3 cm³/mol. The van der Waals surface area contributed by atoms with Crippen LogP contribution in [0.4, 0.5) is 0 Å². The van der Waals surface area contributed by atoms with Gasteiger partial charge < -0.3 is 5.11 Å². The normalized spacial score (nSPS) is 13.0. The minimum Gasteiger partial charge on any atom is -0.478 e. The van der Waals surface area contributed by atoms with Gasteiger partial charge in [0.2, 0.25) is 0 Å². The van der Waals surface area contributed by atoms with Crippen LogP contribution < -0.4 is 0 Å². The predicted octanol–water partition coefficient (Wildman–Crippen LogP) is 3.62. The van der Waals surface area contributed by atoms with Gasteiger partial charge in [-0.3, -0.25) is 0 Å². The monoisotopic (exact) mass is 198 g/mol. The maximum atomic E-state index is 10.5. The van der Waals surface area contributed by atoms with Crippen LogP contribution >= 0.6 is 0 Å². The molecule has 82 valence electrons. The highest BCUT2D eigenvalue weighted by Crippen LogP contribution is 2.31. The SMILES string of the molecule is CCC(C)(CC)CCC=C(C)C(=O)O. The minimum atomic E-state index is -0.806. The van der Waals surface area contributed by atoms with Crippen LogP contribution in [0.5, 0.6) is 0 Å². The van der Waals surface area contributed by atoms with E-state index < -0.39 is 5.97 Å². The standard InChI is InChI=1S/C12H22O2/c1-5-12(4,6-2)9-7-8-10(3)11(13)14/h8H,5-7,9H2,1-4H3,(H,13,14). The van der Waals surface area contributed by atoms with Crippen molar-refractivity contribution in [3.8, 4) is 0 Å². The summed E-state index contributed by atoms with van der Waals surface area (Å²) < 4.78 is 0. The number of hydrogen-bond acceptors (Lipinski definition) is 1. The van der Waals surface area contributed by atoms with E-state index in [1.54, 1.807) is 6.92 Å². The summed E-state index contributed by atoms with van der Waals surface area (Å²) in [5.74, 6) is -0.806. The van der Waals surface area contributed by atoms with Crippen LogP contribution in [0, 0.1) is 5.41 Å². The van der Waals surface area contributed by atoms with Crippen molar-refractivity contribution in [3.05, 3.63) is 11.6 Å². The molecule has 0 unspecified atom stereocenters. The molecule has 0 aliphatic carbocycles.